The number of carboxylic acids is 1. The predicted octanol–water partition coefficient (Wildman–Crippen LogP) is 5.74. The van der Waals surface area contributed by atoms with E-state index >= 15 is 0 Å². The topological polar surface area (TPSA) is 54.4 Å². The van der Waals surface area contributed by atoms with Crippen LogP contribution < -0.4 is 0 Å². The molecule has 1 aliphatic rings. The van der Waals surface area contributed by atoms with Crippen LogP contribution in [0.4, 0.5) is 0 Å². The van der Waals surface area contributed by atoms with Gasteiger partial charge in [-0.05, 0) is 48.1 Å². The Morgan fingerprint density at radius 2 is 1.45 bits per heavy atom. The maximum Gasteiger partial charge on any atom is 0.335 e. The highest BCUT2D eigenvalue weighted by Crippen LogP contribution is 2.49. The van der Waals surface area contributed by atoms with E-state index < -0.39 is 16.8 Å². The van der Waals surface area contributed by atoms with Gasteiger partial charge in [0.2, 0.25) is 0 Å². The molecule has 0 unspecified atom stereocenters. The van der Waals surface area contributed by atoms with Gasteiger partial charge < -0.3 is 5.11 Å². The molecule has 0 saturated heterocycles. The minimum Gasteiger partial charge on any atom is -0.478 e. The first-order valence-corrected chi connectivity index (χ1v) is 10.6. The SMILES string of the molecule is C=C[C@@]1(c2ccccc2)CCC[C@](Cc2ccc(C(=O)O)cc2)(c2ccccc2)C1=O. The number of Topliss-reactive ketones (excluding diaryl/α,β-unsaturated/α-hetero) is 1. The van der Waals surface area contributed by atoms with Crippen LogP contribution in [0.25, 0.3) is 0 Å². The highest BCUT2D eigenvalue weighted by atomic mass is 16.4. The van der Waals surface area contributed by atoms with Gasteiger partial charge in [-0.25, -0.2) is 4.79 Å². The minimum atomic E-state index is -0.951. The summed E-state index contributed by atoms with van der Waals surface area (Å²) in [5, 5.41) is 9.23. The molecule has 3 heteroatoms. The lowest BCUT2D eigenvalue weighted by molar-refractivity contribution is -0.131. The van der Waals surface area contributed by atoms with Crippen molar-refractivity contribution in [3.05, 3.63) is 120 Å². The molecular formula is C28H26O3. The number of ketones is 1. The van der Waals surface area contributed by atoms with Crippen LogP contribution >= 0.6 is 0 Å². The molecule has 2 atom stereocenters. The molecule has 0 spiro atoms. The largest absolute Gasteiger partial charge is 0.478 e. The van der Waals surface area contributed by atoms with E-state index in [4.69, 9.17) is 0 Å². The predicted molar refractivity (Wildman–Crippen MR) is 122 cm³/mol. The van der Waals surface area contributed by atoms with Gasteiger partial charge in [0.15, 0.2) is 5.78 Å². The molecule has 1 fully saturated rings. The van der Waals surface area contributed by atoms with Gasteiger partial charge in [0.1, 0.15) is 0 Å². The number of hydrogen-bond acceptors (Lipinski definition) is 2. The maximum absolute atomic E-state index is 14.4. The summed E-state index contributed by atoms with van der Waals surface area (Å²) >= 11 is 0. The van der Waals surface area contributed by atoms with E-state index in [0.717, 1.165) is 36.0 Å². The van der Waals surface area contributed by atoms with E-state index in [-0.39, 0.29) is 11.3 Å². The van der Waals surface area contributed by atoms with Crippen molar-refractivity contribution in [3.8, 4) is 0 Å². The van der Waals surface area contributed by atoms with Gasteiger partial charge in [-0.1, -0.05) is 85.3 Å². The summed E-state index contributed by atoms with van der Waals surface area (Å²) < 4.78 is 0. The third-order valence-electron chi connectivity index (χ3n) is 6.69. The van der Waals surface area contributed by atoms with Crippen LogP contribution in [0.15, 0.2) is 97.6 Å². The molecule has 3 nitrogen and oxygen atoms in total. The first-order valence-electron chi connectivity index (χ1n) is 10.6. The molecule has 31 heavy (non-hydrogen) atoms. The van der Waals surface area contributed by atoms with Gasteiger partial charge >= 0.3 is 5.97 Å². The molecule has 1 N–H and O–H groups in total. The van der Waals surface area contributed by atoms with Crippen LogP contribution in [0.5, 0.6) is 0 Å². The number of hydrogen-bond donors (Lipinski definition) is 1. The molecule has 1 saturated carbocycles. The number of allylic oxidation sites excluding steroid dienone is 1. The molecule has 0 radical (unpaired) electrons. The van der Waals surface area contributed by atoms with Crippen molar-refractivity contribution in [2.24, 2.45) is 0 Å². The number of rotatable bonds is 6. The lowest BCUT2D eigenvalue weighted by atomic mass is 9.55. The number of carboxylic acid groups (broad SMARTS) is 1. The van der Waals surface area contributed by atoms with Crippen molar-refractivity contribution in [2.45, 2.75) is 36.5 Å². The second kappa shape index (κ2) is 8.35. The number of carbonyl (C=O) groups excluding carboxylic acids is 1. The first kappa shape index (κ1) is 20.8. The van der Waals surface area contributed by atoms with Crippen LogP contribution in [0.1, 0.15) is 46.3 Å². The quantitative estimate of drug-likeness (QED) is 0.527. The highest BCUT2D eigenvalue weighted by Gasteiger charge is 2.53. The van der Waals surface area contributed by atoms with Gasteiger partial charge in [-0.2, -0.15) is 0 Å². The third kappa shape index (κ3) is 3.61. The Morgan fingerprint density at radius 3 is 2.00 bits per heavy atom. The number of aromatic carboxylic acids is 1. The summed E-state index contributed by atoms with van der Waals surface area (Å²) in [5.41, 5.74) is 1.75. The van der Waals surface area contributed by atoms with Gasteiger partial charge in [0.05, 0.1) is 16.4 Å². The van der Waals surface area contributed by atoms with Crippen LogP contribution in [-0.2, 0) is 22.0 Å². The van der Waals surface area contributed by atoms with Crippen molar-refractivity contribution in [2.75, 3.05) is 0 Å². The summed E-state index contributed by atoms with van der Waals surface area (Å²) in [7, 11) is 0. The zero-order valence-electron chi connectivity index (χ0n) is 17.5. The fourth-order valence-corrected chi connectivity index (χ4v) is 5.06. The summed E-state index contributed by atoms with van der Waals surface area (Å²) in [6, 6.07) is 26.8. The van der Waals surface area contributed by atoms with Gasteiger partial charge in [0.25, 0.3) is 0 Å². The van der Waals surface area contributed by atoms with E-state index in [1.807, 2.05) is 78.9 Å². The molecule has 4 rings (SSSR count). The van der Waals surface area contributed by atoms with E-state index in [1.54, 1.807) is 12.1 Å². The molecule has 156 valence electrons. The normalized spacial score (nSPS) is 23.3. The van der Waals surface area contributed by atoms with Crippen LogP contribution in [0.2, 0.25) is 0 Å². The Bertz CT molecular complexity index is 1090. The summed E-state index contributed by atoms with van der Waals surface area (Å²) in [6.07, 6.45) is 4.74. The molecule has 0 bridgehead atoms. The van der Waals surface area contributed by atoms with Gasteiger partial charge in [0, 0.05) is 0 Å². The average Bonchev–Trinajstić information content (AvgIpc) is 2.82. The molecule has 3 aromatic carbocycles. The van der Waals surface area contributed by atoms with E-state index in [9.17, 15) is 14.7 Å². The van der Waals surface area contributed by atoms with Crippen molar-refractivity contribution in [3.63, 3.8) is 0 Å². The second-order valence-electron chi connectivity index (χ2n) is 8.35. The molecule has 0 amide bonds. The van der Waals surface area contributed by atoms with Crippen LogP contribution in [-0.4, -0.2) is 16.9 Å². The molecule has 1 aliphatic carbocycles. The van der Waals surface area contributed by atoms with E-state index in [1.165, 1.54) is 0 Å². The Hall–Kier alpha value is -3.46. The first-order chi connectivity index (χ1) is 15.0. The lowest BCUT2D eigenvalue weighted by Crippen LogP contribution is -2.53. The van der Waals surface area contributed by atoms with Crippen molar-refractivity contribution < 1.29 is 14.7 Å². The standard InChI is InChI=1S/C28H26O3/c1-2-27(23-10-5-3-6-11-23)18-9-19-28(26(27)31,24-12-7-4-8-13-24)20-21-14-16-22(17-15-21)25(29)30/h2-8,10-17H,1,9,18-20H2,(H,29,30)/t27-,28-/m0/s1. The van der Waals surface area contributed by atoms with Gasteiger partial charge in [-0.3, -0.25) is 4.79 Å². The second-order valence-corrected chi connectivity index (χ2v) is 8.35. The monoisotopic (exact) mass is 410 g/mol. The number of carbonyl (C=O) groups is 2. The molecule has 0 aromatic heterocycles. The summed E-state index contributed by atoms with van der Waals surface area (Å²) in [4.78, 5) is 25.7. The minimum absolute atomic E-state index is 0.168. The van der Waals surface area contributed by atoms with Crippen molar-refractivity contribution in [1.82, 2.24) is 0 Å². The van der Waals surface area contributed by atoms with Crippen LogP contribution in [0.3, 0.4) is 0 Å². The van der Waals surface area contributed by atoms with E-state index in [0.29, 0.717) is 6.42 Å². The Labute approximate surface area is 183 Å². The Kier molecular flexibility index (Phi) is 5.60. The zero-order valence-corrected chi connectivity index (χ0v) is 17.5. The molecular weight excluding hydrogens is 384 g/mol. The lowest BCUT2D eigenvalue weighted by Gasteiger charge is -2.46. The third-order valence-corrected chi connectivity index (χ3v) is 6.69. The fourth-order valence-electron chi connectivity index (χ4n) is 5.06. The summed E-state index contributed by atoms with van der Waals surface area (Å²) in [5.74, 6) is -0.784. The summed E-state index contributed by atoms with van der Waals surface area (Å²) in [6.45, 7) is 4.09. The van der Waals surface area contributed by atoms with Crippen molar-refractivity contribution in [1.29, 1.82) is 0 Å². The Balaban J connectivity index is 1.84. The fraction of sp³-hybridized carbons (Fsp3) is 0.214. The average molecular weight is 411 g/mol. The Morgan fingerprint density at radius 1 is 0.871 bits per heavy atom. The molecule has 0 heterocycles. The van der Waals surface area contributed by atoms with Crippen LogP contribution in [0, 0.1) is 0 Å². The highest BCUT2D eigenvalue weighted by molar-refractivity contribution is 6.01. The van der Waals surface area contributed by atoms with Crippen molar-refractivity contribution >= 4 is 11.8 Å². The van der Waals surface area contributed by atoms with Gasteiger partial charge in [-0.15, -0.1) is 6.58 Å². The number of benzene rings is 3. The zero-order chi connectivity index (χ0) is 21.9. The molecule has 0 aliphatic heterocycles. The maximum atomic E-state index is 14.4. The smallest absolute Gasteiger partial charge is 0.335 e. The van der Waals surface area contributed by atoms with E-state index in [2.05, 4.69) is 6.58 Å². The molecule has 3 aromatic rings.